The minimum absolute atomic E-state index is 0.0342. The van der Waals surface area contributed by atoms with Crippen molar-refractivity contribution < 1.29 is 27.2 Å². The van der Waals surface area contributed by atoms with Crippen molar-refractivity contribution in [1.82, 2.24) is 14.9 Å². The summed E-state index contributed by atoms with van der Waals surface area (Å²) in [6, 6.07) is 8.74. The van der Waals surface area contributed by atoms with Gasteiger partial charge in [0, 0.05) is 18.7 Å². The van der Waals surface area contributed by atoms with E-state index in [0.717, 1.165) is 12.8 Å². The molecule has 33 heavy (non-hydrogen) atoms. The third-order valence-electron chi connectivity index (χ3n) is 5.95. The van der Waals surface area contributed by atoms with Crippen LogP contribution in [0.2, 0.25) is 0 Å². The van der Waals surface area contributed by atoms with Crippen LogP contribution < -0.4 is 15.4 Å². The Morgan fingerprint density at radius 2 is 1.85 bits per heavy atom. The number of nitrogens with one attached hydrogen (secondary N) is 3. The number of hydrogen-bond donors (Lipinski definition) is 3. The van der Waals surface area contributed by atoms with Gasteiger partial charge in [0.15, 0.2) is 0 Å². The number of carbonyl (C=O) groups excluding carboxylic acids is 3. The molecule has 0 bridgehead atoms. The number of hydrogen-bond acceptors (Lipinski definition) is 6. The molecule has 4 amide bonds. The van der Waals surface area contributed by atoms with Gasteiger partial charge in [-0.15, -0.1) is 0 Å². The number of urea groups is 1. The monoisotopic (exact) mass is 474 g/mol. The Balaban J connectivity index is 1.24. The zero-order valence-electron chi connectivity index (χ0n) is 18.0. The van der Waals surface area contributed by atoms with Crippen molar-refractivity contribution in [2.45, 2.75) is 55.5 Å². The normalized spacial score (nSPS) is 17.5. The molecule has 1 saturated carbocycles. The van der Waals surface area contributed by atoms with Crippen LogP contribution in [0.3, 0.4) is 0 Å². The maximum Gasteiger partial charge on any atom is 0.325 e. The number of rotatable bonds is 9. The van der Waals surface area contributed by atoms with Gasteiger partial charge in [-0.1, -0.05) is 12.8 Å². The highest BCUT2D eigenvalue weighted by Gasteiger charge is 2.52. The lowest BCUT2D eigenvalue weighted by Gasteiger charge is -2.19. The van der Waals surface area contributed by atoms with E-state index in [4.69, 9.17) is 4.42 Å². The zero-order chi connectivity index (χ0) is 23.5. The average Bonchev–Trinajstić information content (AvgIpc) is 3.52. The van der Waals surface area contributed by atoms with Crippen LogP contribution in [0.25, 0.3) is 0 Å². The number of amides is 4. The summed E-state index contributed by atoms with van der Waals surface area (Å²) in [6.07, 6.45) is 5.09. The molecular formula is C22H26N4O6S. The topological polar surface area (TPSA) is 138 Å². The van der Waals surface area contributed by atoms with Crippen LogP contribution in [0.5, 0.6) is 0 Å². The van der Waals surface area contributed by atoms with Crippen LogP contribution in [-0.2, 0) is 26.2 Å². The van der Waals surface area contributed by atoms with Crippen molar-refractivity contribution in [2.75, 3.05) is 11.9 Å². The Morgan fingerprint density at radius 3 is 2.52 bits per heavy atom. The van der Waals surface area contributed by atoms with Crippen LogP contribution in [0.15, 0.2) is 52.0 Å². The van der Waals surface area contributed by atoms with Crippen molar-refractivity contribution >= 4 is 33.6 Å². The fourth-order valence-electron chi connectivity index (χ4n) is 4.20. The summed E-state index contributed by atoms with van der Waals surface area (Å²) in [6.45, 7) is 0.213. The number of sulfonamides is 1. The SMILES string of the molecule is O=C(CCCN1C(=O)NC2(CCCC2)C1=O)Nc1ccc(S(=O)(=O)NCc2ccco2)cc1. The summed E-state index contributed by atoms with van der Waals surface area (Å²) in [4.78, 5) is 38.3. The fourth-order valence-corrected chi connectivity index (χ4v) is 5.19. The predicted octanol–water partition coefficient (Wildman–Crippen LogP) is 2.34. The molecule has 2 heterocycles. The molecule has 2 aliphatic rings. The molecule has 4 rings (SSSR count). The van der Waals surface area contributed by atoms with E-state index < -0.39 is 15.6 Å². The summed E-state index contributed by atoms with van der Waals surface area (Å²) in [5.74, 6) is 0.0148. The fraction of sp³-hybridized carbons (Fsp3) is 0.409. The number of benzene rings is 1. The first-order chi connectivity index (χ1) is 15.8. The third-order valence-corrected chi connectivity index (χ3v) is 7.37. The number of furan rings is 1. The summed E-state index contributed by atoms with van der Waals surface area (Å²) in [7, 11) is -3.72. The van der Waals surface area contributed by atoms with Gasteiger partial charge in [-0.2, -0.15) is 0 Å². The molecule has 11 heteroatoms. The Hall–Kier alpha value is -3.18. The number of nitrogens with zero attached hydrogens (tertiary/aromatic N) is 1. The second-order valence-corrected chi connectivity index (χ2v) is 10.0. The molecule has 2 aromatic rings. The summed E-state index contributed by atoms with van der Waals surface area (Å²) >= 11 is 0. The quantitative estimate of drug-likeness (QED) is 0.477. The second kappa shape index (κ2) is 9.36. The molecular weight excluding hydrogens is 448 g/mol. The Morgan fingerprint density at radius 1 is 1.12 bits per heavy atom. The third kappa shape index (κ3) is 5.09. The van der Waals surface area contributed by atoms with Gasteiger partial charge in [0.05, 0.1) is 17.7 Å². The van der Waals surface area contributed by atoms with Crippen LogP contribution in [0.4, 0.5) is 10.5 Å². The standard InChI is InChI=1S/C22H26N4O6S/c27-19(6-3-13-26-20(28)22(25-21(26)29)11-1-2-12-22)24-16-7-9-18(10-8-16)33(30,31)23-15-17-5-4-14-32-17/h4-5,7-10,14,23H,1-3,6,11-13,15H2,(H,24,27)(H,25,29). The highest BCUT2D eigenvalue weighted by atomic mass is 32.2. The molecule has 1 aliphatic carbocycles. The molecule has 1 aliphatic heterocycles. The van der Waals surface area contributed by atoms with Gasteiger partial charge in [0.2, 0.25) is 15.9 Å². The maximum absolute atomic E-state index is 12.6. The first-order valence-corrected chi connectivity index (χ1v) is 12.3. The molecule has 1 saturated heterocycles. The van der Waals surface area contributed by atoms with Crippen LogP contribution in [-0.4, -0.2) is 43.2 Å². The van der Waals surface area contributed by atoms with E-state index in [2.05, 4.69) is 15.4 Å². The van der Waals surface area contributed by atoms with Crippen molar-refractivity contribution in [3.05, 3.63) is 48.4 Å². The molecule has 1 spiro atoms. The van der Waals surface area contributed by atoms with Gasteiger partial charge in [-0.3, -0.25) is 14.5 Å². The first-order valence-electron chi connectivity index (χ1n) is 10.9. The molecule has 0 radical (unpaired) electrons. The van der Waals surface area contributed by atoms with Crippen molar-refractivity contribution in [3.63, 3.8) is 0 Å². The lowest BCUT2D eigenvalue weighted by atomic mass is 9.98. The molecule has 2 fully saturated rings. The number of carbonyl (C=O) groups is 3. The first kappa shape index (κ1) is 23.0. The van der Waals surface area contributed by atoms with Gasteiger partial charge in [0.25, 0.3) is 5.91 Å². The Labute approximate surface area is 191 Å². The largest absolute Gasteiger partial charge is 0.468 e. The van der Waals surface area contributed by atoms with Gasteiger partial charge in [-0.25, -0.2) is 17.9 Å². The minimum atomic E-state index is -3.72. The van der Waals surface area contributed by atoms with E-state index in [9.17, 15) is 22.8 Å². The Bertz CT molecular complexity index is 1120. The van der Waals surface area contributed by atoms with E-state index >= 15 is 0 Å². The predicted molar refractivity (Wildman–Crippen MR) is 118 cm³/mol. The molecule has 3 N–H and O–H groups in total. The number of anilines is 1. The van der Waals surface area contributed by atoms with Crippen molar-refractivity contribution in [3.8, 4) is 0 Å². The molecule has 1 aromatic carbocycles. The summed E-state index contributed by atoms with van der Waals surface area (Å²) in [5.41, 5.74) is -0.293. The lowest BCUT2D eigenvalue weighted by Crippen LogP contribution is -2.44. The number of imide groups is 1. The molecule has 0 atom stereocenters. The summed E-state index contributed by atoms with van der Waals surface area (Å²) in [5, 5.41) is 5.52. The van der Waals surface area contributed by atoms with Crippen LogP contribution in [0.1, 0.15) is 44.3 Å². The van der Waals surface area contributed by atoms with Crippen LogP contribution >= 0.6 is 0 Å². The zero-order valence-corrected chi connectivity index (χ0v) is 18.8. The Kier molecular flexibility index (Phi) is 6.52. The van der Waals surface area contributed by atoms with E-state index in [1.165, 1.54) is 35.4 Å². The summed E-state index contributed by atoms with van der Waals surface area (Å²) < 4.78 is 32.3. The van der Waals surface area contributed by atoms with Gasteiger partial charge in [0.1, 0.15) is 11.3 Å². The minimum Gasteiger partial charge on any atom is -0.468 e. The van der Waals surface area contributed by atoms with Crippen molar-refractivity contribution in [2.24, 2.45) is 0 Å². The van der Waals surface area contributed by atoms with Crippen molar-refractivity contribution in [1.29, 1.82) is 0 Å². The van der Waals surface area contributed by atoms with E-state index in [1.807, 2.05) is 0 Å². The van der Waals surface area contributed by atoms with Gasteiger partial charge in [-0.05, 0) is 55.7 Å². The molecule has 10 nitrogen and oxygen atoms in total. The van der Waals surface area contributed by atoms with E-state index in [1.54, 1.807) is 12.1 Å². The highest BCUT2D eigenvalue weighted by molar-refractivity contribution is 7.89. The molecule has 176 valence electrons. The van der Waals surface area contributed by atoms with Crippen LogP contribution in [0, 0.1) is 0 Å². The van der Waals surface area contributed by atoms with Gasteiger partial charge >= 0.3 is 6.03 Å². The maximum atomic E-state index is 12.6. The van der Waals surface area contributed by atoms with Gasteiger partial charge < -0.3 is 15.1 Å². The highest BCUT2D eigenvalue weighted by Crippen LogP contribution is 2.35. The molecule has 0 unspecified atom stereocenters. The van der Waals surface area contributed by atoms with E-state index in [-0.39, 0.29) is 42.3 Å². The van der Waals surface area contributed by atoms with E-state index in [0.29, 0.717) is 30.7 Å². The molecule has 1 aromatic heterocycles. The average molecular weight is 475 g/mol. The smallest absolute Gasteiger partial charge is 0.325 e. The second-order valence-electron chi connectivity index (χ2n) is 8.26. The lowest BCUT2D eigenvalue weighted by molar-refractivity contribution is -0.131.